The quantitative estimate of drug-likeness (QED) is 0.426. The molecule has 1 amide bonds. The summed E-state index contributed by atoms with van der Waals surface area (Å²) in [4.78, 5) is 31.8. The van der Waals surface area contributed by atoms with E-state index < -0.39 is 0 Å². The molecule has 144 valence electrons. The number of hydrogen-bond acceptors (Lipinski definition) is 6. The second kappa shape index (κ2) is 9.03. The number of aromatic nitrogens is 2. The topological polar surface area (TPSA) is 64.0 Å². The minimum atomic E-state index is -0.0324. The van der Waals surface area contributed by atoms with E-state index in [2.05, 4.69) is 19.2 Å². The van der Waals surface area contributed by atoms with Crippen LogP contribution < -0.4 is 10.9 Å². The number of thioether (sulfide) groups is 1. The van der Waals surface area contributed by atoms with Gasteiger partial charge in [0.15, 0.2) is 5.16 Å². The van der Waals surface area contributed by atoms with Gasteiger partial charge >= 0.3 is 0 Å². The van der Waals surface area contributed by atoms with Gasteiger partial charge in [-0.05, 0) is 31.2 Å². The smallest absolute Gasteiger partial charge is 0.263 e. The zero-order valence-corrected chi connectivity index (χ0v) is 18.1. The maximum Gasteiger partial charge on any atom is 0.263 e. The van der Waals surface area contributed by atoms with Crippen molar-refractivity contribution in [3.63, 3.8) is 0 Å². The third-order valence-electron chi connectivity index (χ3n) is 4.44. The highest BCUT2D eigenvalue weighted by atomic mass is 32.2. The molecule has 0 aliphatic carbocycles. The van der Waals surface area contributed by atoms with Crippen molar-refractivity contribution in [2.45, 2.75) is 51.4 Å². The second-order valence-electron chi connectivity index (χ2n) is 6.12. The van der Waals surface area contributed by atoms with E-state index in [4.69, 9.17) is 4.98 Å². The number of nitrogens with zero attached hydrogens (tertiary/aromatic N) is 2. The summed E-state index contributed by atoms with van der Waals surface area (Å²) >= 11 is 4.43. The molecule has 8 heteroatoms. The molecular weight excluding hydrogens is 398 g/mol. The van der Waals surface area contributed by atoms with E-state index in [9.17, 15) is 9.59 Å². The van der Waals surface area contributed by atoms with Gasteiger partial charge in [0.2, 0.25) is 5.91 Å². The summed E-state index contributed by atoms with van der Waals surface area (Å²) in [6, 6.07) is 4.21. The summed E-state index contributed by atoms with van der Waals surface area (Å²) in [7, 11) is 0. The molecule has 0 fully saturated rings. The maximum absolute atomic E-state index is 13.1. The average Bonchev–Trinajstić information content (AvgIpc) is 3.33. The van der Waals surface area contributed by atoms with Gasteiger partial charge in [0.25, 0.3) is 5.56 Å². The van der Waals surface area contributed by atoms with Gasteiger partial charge in [-0.15, -0.1) is 22.7 Å². The molecule has 3 rings (SSSR count). The van der Waals surface area contributed by atoms with E-state index >= 15 is 0 Å². The van der Waals surface area contributed by atoms with E-state index in [-0.39, 0.29) is 23.3 Å². The molecular formula is C19H23N3O2S3. The van der Waals surface area contributed by atoms with Crippen LogP contribution in [0.15, 0.2) is 32.8 Å². The van der Waals surface area contributed by atoms with Crippen molar-refractivity contribution >= 4 is 50.6 Å². The van der Waals surface area contributed by atoms with Crippen molar-refractivity contribution in [2.75, 3.05) is 5.75 Å². The highest BCUT2D eigenvalue weighted by molar-refractivity contribution is 7.99. The second-order valence-corrected chi connectivity index (χ2v) is 8.87. The summed E-state index contributed by atoms with van der Waals surface area (Å²) in [5.41, 5.74) is 0.919. The summed E-state index contributed by atoms with van der Waals surface area (Å²) < 4.78 is 1.67. The molecule has 0 bridgehead atoms. The van der Waals surface area contributed by atoms with Crippen LogP contribution in [0.2, 0.25) is 0 Å². The molecule has 3 aromatic rings. The number of thiophene rings is 2. The van der Waals surface area contributed by atoms with E-state index in [1.54, 1.807) is 15.9 Å². The summed E-state index contributed by atoms with van der Waals surface area (Å²) in [6.07, 6.45) is 1.83. The Morgan fingerprint density at radius 1 is 1.30 bits per heavy atom. The number of hydrogen-bond donors (Lipinski definition) is 1. The Balaban J connectivity index is 1.89. The zero-order chi connectivity index (χ0) is 19.4. The van der Waals surface area contributed by atoms with Gasteiger partial charge in [-0.3, -0.25) is 14.2 Å². The van der Waals surface area contributed by atoms with Gasteiger partial charge < -0.3 is 5.32 Å². The molecule has 0 unspecified atom stereocenters. The first-order valence-corrected chi connectivity index (χ1v) is 11.8. The Morgan fingerprint density at radius 3 is 2.70 bits per heavy atom. The molecule has 3 aromatic heterocycles. The summed E-state index contributed by atoms with van der Waals surface area (Å²) in [5.74, 6) is 0.244. The Morgan fingerprint density at radius 2 is 2.07 bits per heavy atom. The highest BCUT2D eigenvalue weighted by Gasteiger charge is 2.18. The molecule has 27 heavy (non-hydrogen) atoms. The van der Waals surface area contributed by atoms with E-state index in [0.29, 0.717) is 17.1 Å². The van der Waals surface area contributed by atoms with Crippen LogP contribution in [-0.4, -0.2) is 27.3 Å². The molecule has 0 aromatic carbocycles. The standard InChI is InChI=1S/C19H23N3O2S3/c1-4-12(5-2)20-15(23)11-27-19-21-17-16(18(24)22(19)6-3)13(10-26-17)14-8-7-9-25-14/h7-10,12H,4-6,11H2,1-3H3,(H,20,23). The molecule has 0 aliphatic rings. The third kappa shape index (κ3) is 4.28. The van der Waals surface area contributed by atoms with Crippen molar-refractivity contribution in [2.24, 2.45) is 0 Å². The largest absolute Gasteiger partial charge is 0.353 e. The average molecular weight is 422 g/mol. The molecule has 0 saturated heterocycles. The molecule has 1 N–H and O–H groups in total. The fraction of sp³-hybridized carbons (Fsp3) is 0.421. The number of carbonyl (C=O) groups excluding carboxylic acids is 1. The number of nitrogens with one attached hydrogen (secondary N) is 1. The molecule has 3 heterocycles. The normalized spacial score (nSPS) is 11.4. The van der Waals surface area contributed by atoms with Crippen LogP contribution in [0.3, 0.4) is 0 Å². The SMILES string of the molecule is CCC(CC)NC(=O)CSc1nc2scc(-c3cccs3)c2c(=O)n1CC. The minimum Gasteiger partial charge on any atom is -0.353 e. The van der Waals surface area contributed by atoms with Gasteiger partial charge in [-0.25, -0.2) is 4.98 Å². The van der Waals surface area contributed by atoms with Crippen LogP contribution >= 0.6 is 34.4 Å². The van der Waals surface area contributed by atoms with Crippen molar-refractivity contribution in [3.8, 4) is 10.4 Å². The maximum atomic E-state index is 13.1. The zero-order valence-electron chi connectivity index (χ0n) is 15.7. The fourth-order valence-corrected chi connectivity index (χ4v) is 5.58. The molecule has 0 radical (unpaired) electrons. The lowest BCUT2D eigenvalue weighted by Crippen LogP contribution is -2.35. The first-order valence-electron chi connectivity index (χ1n) is 9.07. The lowest BCUT2D eigenvalue weighted by Gasteiger charge is -2.15. The Labute approximate surface area is 170 Å². The third-order valence-corrected chi connectivity index (χ3v) is 7.20. The Bertz CT molecular complexity index is 972. The molecule has 0 spiro atoms. The van der Waals surface area contributed by atoms with E-state index in [1.165, 1.54) is 23.1 Å². The van der Waals surface area contributed by atoms with Gasteiger partial charge in [-0.2, -0.15) is 0 Å². The number of rotatable bonds is 8. The highest BCUT2D eigenvalue weighted by Crippen LogP contribution is 2.34. The van der Waals surface area contributed by atoms with Crippen molar-refractivity contribution < 1.29 is 4.79 Å². The van der Waals surface area contributed by atoms with Crippen LogP contribution in [-0.2, 0) is 11.3 Å². The predicted molar refractivity (Wildman–Crippen MR) is 116 cm³/mol. The fourth-order valence-electron chi connectivity index (χ4n) is 2.90. The van der Waals surface area contributed by atoms with Gasteiger partial charge in [0.05, 0.1) is 11.1 Å². The lowest BCUT2D eigenvalue weighted by molar-refractivity contribution is -0.119. The molecule has 0 aliphatic heterocycles. The molecule has 0 saturated carbocycles. The predicted octanol–water partition coefficient (Wildman–Crippen LogP) is 4.60. The van der Waals surface area contributed by atoms with Crippen LogP contribution in [0.1, 0.15) is 33.6 Å². The number of amides is 1. The van der Waals surface area contributed by atoms with Crippen LogP contribution in [0.4, 0.5) is 0 Å². The first-order chi connectivity index (χ1) is 13.1. The number of carbonyl (C=O) groups is 1. The first kappa shape index (κ1) is 20.1. The lowest BCUT2D eigenvalue weighted by atomic mass is 10.2. The minimum absolute atomic E-state index is 0.0175. The van der Waals surface area contributed by atoms with Crippen LogP contribution in [0.5, 0.6) is 0 Å². The Hall–Kier alpha value is -1.64. The summed E-state index contributed by atoms with van der Waals surface area (Å²) in [5, 5.41) is 8.32. The van der Waals surface area contributed by atoms with Gasteiger partial charge in [-0.1, -0.05) is 31.7 Å². The van der Waals surface area contributed by atoms with Crippen LogP contribution in [0, 0.1) is 0 Å². The van der Waals surface area contributed by atoms with Gasteiger partial charge in [0.1, 0.15) is 4.83 Å². The van der Waals surface area contributed by atoms with Gasteiger partial charge in [0, 0.05) is 28.4 Å². The molecule has 5 nitrogen and oxygen atoms in total. The van der Waals surface area contributed by atoms with Crippen LogP contribution in [0.25, 0.3) is 20.7 Å². The number of fused-ring (bicyclic) bond motifs is 1. The van der Waals surface area contributed by atoms with Crippen molar-refractivity contribution in [1.29, 1.82) is 0 Å². The monoisotopic (exact) mass is 421 g/mol. The van der Waals surface area contributed by atoms with Crippen molar-refractivity contribution in [3.05, 3.63) is 33.2 Å². The van der Waals surface area contributed by atoms with Crippen molar-refractivity contribution in [1.82, 2.24) is 14.9 Å². The van der Waals surface area contributed by atoms with E-state index in [0.717, 1.165) is 28.1 Å². The Kier molecular flexibility index (Phi) is 6.73. The molecule has 0 atom stereocenters. The summed E-state index contributed by atoms with van der Waals surface area (Å²) in [6.45, 7) is 6.58. The van der Waals surface area contributed by atoms with E-state index in [1.807, 2.05) is 29.8 Å².